The van der Waals surface area contributed by atoms with Crippen molar-refractivity contribution in [3.63, 3.8) is 0 Å². The fraction of sp³-hybridized carbons (Fsp3) is 0.538. The van der Waals surface area contributed by atoms with Gasteiger partial charge in [0, 0.05) is 25.2 Å². The third-order valence-electron chi connectivity index (χ3n) is 3.43. The molecule has 0 aliphatic carbocycles. The number of aliphatic hydroxyl groups excluding tert-OH is 1. The van der Waals surface area contributed by atoms with Crippen LogP contribution in [0.2, 0.25) is 0 Å². The number of ether oxygens (including phenoxy) is 1. The minimum atomic E-state index is -0.396. The molecule has 6 nitrogen and oxygen atoms in total. The van der Waals surface area contributed by atoms with E-state index in [-0.39, 0.29) is 24.4 Å². The summed E-state index contributed by atoms with van der Waals surface area (Å²) >= 11 is 3.18. The van der Waals surface area contributed by atoms with E-state index in [1.54, 1.807) is 12.1 Å². The van der Waals surface area contributed by atoms with Crippen LogP contribution in [-0.4, -0.2) is 46.8 Å². The lowest BCUT2D eigenvalue weighted by Gasteiger charge is -2.37. The molecule has 1 aromatic carbocycles. The van der Waals surface area contributed by atoms with Crippen molar-refractivity contribution in [2.24, 2.45) is 0 Å². The zero-order chi connectivity index (χ0) is 14.7. The molecule has 0 bridgehead atoms. The Morgan fingerprint density at radius 2 is 2.35 bits per heavy atom. The molecule has 1 aromatic rings. The summed E-state index contributed by atoms with van der Waals surface area (Å²) in [5, 5.41) is 20.1. The van der Waals surface area contributed by atoms with E-state index in [0.29, 0.717) is 24.2 Å². The minimum Gasteiger partial charge on any atom is -0.394 e. The highest BCUT2D eigenvalue weighted by Gasteiger charge is 2.26. The van der Waals surface area contributed by atoms with E-state index in [1.165, 1.54) is 0 Å². The molecular formula is C13H17BrN2O4. The molecule has 1 heterocycles. The largest absolute Gasteiger partial charge is 0.394 e. The molecule has 1 fully saturated rings. The van der Waals surface area contributed by atoms with Gasteiger partial charge in [0.1, 0.15) is 0 Å². The maximum atomic E-state index is 10.9. The lowest BCUT2D eigenvalue weighted by molar-refractivity contribution is -0.385. The molecule has 0 radical (unpaired) electrons. The summed E-state index contributed by atoms with van der Waals surface area (Å²) in [6, 6.07) is 5.37. The summed E-state index contributed by atoms with van der Waals surface area (Å²) in [6.45, 7) is 3.82. The molecule has 0 amide bonds. The molecule has 0 saturated carbocycles. The highest BCUT2D eigenvalue weighted by molar-refractivity contribution is 9.10. The van der Waals surface area contributed by atoms with Gasteiger partial charge in [0.05, 0.1) is 28.7 Å². The molecule has 110 valence electrons. The van der Waals surface area contributed by atoms with Crippen molar-refractivity contribution in [2.45, 2.75) is 25.6 Å². The number of rotatable bonds is 4. The second kappa shape index (κ2) is 6.62. The lowest BCUT2D eigenvalue weighted by atomic mass is 10.1. The van der Waals surface area contributed by atoms with Gasteiger partial charge in [-0.2, -0.15) is 0 Å². The number of halogens is 1. The number of nitrogens with zero attached hydrogens (tertiary/aromatic N) is 2. The van der Waals surface area contributed by atoms with E-state index in [1.807, 2.05) is 13.0 Å². The molecule has 7 heteroatoms. The van der Waals surface area contributed by atoms with Crippen molar-refractivity contribution < 1.29 is 14.8 Å². The van der Waals surface area contributed by atoms with Crippen LogP contribution in [0.15, 0.2) is 22.7 Å². The lowest BCUT2D eigenvalue weighted by Crippen LogP contribution is -2.48. The van der Waals surface area contributed by atoms with Crippen LogP contribution < -0.4 is 0 Å². The van der Waals surface area contributed by atoms with Crippen LogP contribution in [0.5, 0.6) is 0 Å². The van der Waals surface area contributed by atoms with E-state index in [9.17, 15) is 10.1 Å². The molecule has 0 aromatic heterocycles. The summed E-state index contributed by atoms with van der Waals surface area (Å²) in [5.41, 5.74) is 0.951. The van der Waals surface area contributed by atoms with Crippen LogP contribution in [0.4, 0.5) is 5.69 Å². The number of aliphatic hydroxyl groups is 1. The fourth-order valence-corrected chi connectivity index (χ4v) is 2.63. The molecule has 1 saturated heterocycles. The van der Waals surface area contributed by atoms with E-state index < -0.39 is 4.92 Å². The van der Waals surface area contributed by atoms with Crippen molar-refractivity contribution in [2.75, 3.05) is 19.8 Å². The van der Waals surface area contributed by atoms with Gasteiger partial charge in [-0.1, -0.05) is 6.07 Å². The van der Waals surface area contributed by atoms with Gasteiger partial charge < -0.3 is 9.84 Å². The minimum absolute atomic E-state index is 0.0102. The first kappa shape index (κ1) is 15.4. The normalized spacial score (nSPS) is 23.8. The number of nitro benzene ring substituents is 1. The van der Waals surface area contributed by atoms with Crippen molar-refractivity contribution >= 4 is 21.6 Å². The second-order valence-corrected chi connectivity index (χ2v) is 5.81. The van der Waals surface area contributed by atoms with Gasteiger partial charge in [0.25, 0.3) is 5.69 Å². The Bertz CT molecular complexity index is 497. The van der Waals surface area contributed by atoms with Crippen molar-refractivity contribution in [3.8, 4) is 0 Å². The summed E-state index contributed by atoms with van der Waals surface area (Å²) in [6.07, 6.45) is -0.184. The summed E-state index contributed by atoms with van der Waals surface area (Å²) < 4.78 is 5.96. The molecule has 0 spiro atoms. The molecule has 2 rings (SSSR count). The predicted octanol–water partition coefficient (Wildman–Crippen LogP) is 1.94. The van der Waals surface area contributed by atoms with Crippen molar-refractivity contribution in [1.29, 1.82) is 0 Å². The van der Waals surface area contributed by atoms with Crippen LogP contribution in [-0.2, 0) is 11.3 Å². The van der Waals surface area contributed by atoms with Crippen LogP contribution in [0.3, 0.4) is 0 Å². The van der Waals surface area contributed by atoms with Crippen LogP contribution in [0.25, 0.3) is 0 Å². The van der Waals surface area contributed by atoms with E-state index in [2.05, 4.69) is 20.8 Å². The smallest absolute Gasteiger partial charge is 0.283 e. The summed E-state index contributed by atoms with van der Waals surface area (Å²) in [4.78, 5) is 12.7. The van der Waals surface area contributed by atoms with Gasteiger partial charge in [-0.3, -0.25) is 15.0 Å². The van der Waals surface area contributed by atoms with Crippen molar-refractivity contribution in [3.05, 3.63) is 38.3 Å². The zero-order valence-electron chi connectivity index (χ0n) is 11.2. The number of morpholine rings is 1. The quantitative estimate of drug-likeness (QED) is 0.667. The third-order valence-corrected chi connectivity index (χ3v) is 4.10. The SMILES string of the molecule is CC1COC(CO)CN1Cc1ccc(Br)c([N+](=O)[O-])c1. The van der Waals surface area contributed by atoms with Gasteiger partial charge >= 0.3 is 0 Å². The molecule has 2 unspecified atom stereocenters. The number of benzene rings is 1. The number of nitro groups is 1. The third kappa shape index (κ3) is 3.54. The highest BCUT2D eigenvalue weighted by Crippen LogP contribution is 2.27. The van der Waals surface area contributed by atoms with Crippen LogP contribution in [0, 0.1) is 10.1 Å². The monoisotopic (exact) mass is 344 g/mol. The van der Waals surface area contributed by atoms with Gasteiger partial charge in [0.15, 0.2) is 0 Å². The standard InChI is InChI=1S/C13H17BrN2O4/c1-9-8-20-11(7-17)6-15(9)5-10-2-3-12(14)13(4-10)16(18)19/h2-4,9,11,17H,5-8H2,1H3. The molecular weight excluding hydrogens is 328 g/mol. The maximum absolute atomic E-state index is 10.9. The molecule has 2 atom stereocenters. The van der Waals surface area contributed by atoms with Gasteiger partial charge in [-0.25, -0.2) is 0 Å². The molecule has 20 heavy (non-hydrogen) atoms. The van der Waals surface area contributed by atoms with Crippen LogP contribution >= 0.6 is 15.9 Å². The Balaban J connectivity index is 2.12. The first-order chi connectivity index (χ1) is 9.51. The average Bonchev–Trinajstić information content (AvgIpc) is 2.43. The Morgan fingerprint density at radius 3 is 3.00 bits per heavy atom. The first-order valence-corrected chi connectivity index (χ1v) is 7.20. The number of hydrogen-bond donors (Lipinski definition) is 1. The van der Waals surface area contributed by atoms with Crippen LogP contribution in [0.1, 0.15) is 12.5 Å². The highest BCUT2D eigenvalue weighted by atomic mass is 79.9. The zero-order valence-corrected chi connectivity index (χ0v) is 12.7. The number of hydrogen-bond acceptors (Lipinski definition) is 5. The Morgan fingerprint density at radius 1 is 1.60 bits per heavy atom. The summed E-state index contributed by atoms with van der Waals surface area (Å²) in [7, 11) is 0. The second-order valence-electron chi connectivity index (χ2n) is 4.96. The topological polar surface area (TPSA) is 75.8 Å². The first-order valence-electron chi connectivity index (χ1n) is 6.40. The Hall–Kier alpha value is -1.02. The van der Waals surface area contributed by atoms with Gasteiger partial charge in [-0.15, -0.1) is 0 Å². The molecule has 1 aliphatic rings. The van der Waals surface area contributed by atoms with Gasteiger partial charge in [0.2, 0.25) is 0 Å². The molecule has 1 aliphatic heterocycles. The summed E-state index contributed by atoms with van der Waals surface area (Å²) in [5.74, 6) is 0. The van der Waals surface area contributed by atoms with E-state index in [0.717, 1.165) is 5.56 Å². The fourth-order valence-electron chi connectivity index (χ4n) is 2.24. The predicted molar refractivity (Wildman–Crippen MR) is 77.5 cm³/mol. The van der Waals surface area contributed by atoms with E-state index in [4.69, 9.17) is 9.84 Å². The van der Waals surface area contributed by atoms with Gasteiger partial charge in [-0.05, 0) is 34.5 Å². The Kier molecular flexibility index (Phi) is 5.09. The van der Waals surface area contributed by atoms with Crippen molar-refractivity contribution in [1.82, 2.24) is 4.90 Å². The van der Waals surface area contributed by atoms with E-state index >= 15 is 0 Å². The average molecular weight is 345 g/mol. The Labute approximate surface area is 125 Å². The maximum Gasteiger partial charge on any atom is 0.283 e. The molecule has 1 N–H and O–H groups in total.